The Kier molecular flexibility index (Phi) is 8.34. The van der Waals surface area contributed by atoms with Crippen LogP contribution in [0.15, 0.2) is 42.5 Å². The summed E-state index contributed by atoms with van der Waals surface area (Å²) in [6.07, 6.45) is 1.82. The Hall–Kier alpha value is -2.25. The Morgan fingerprint density at radius 1 is 1.14 bits per heavy atom. The summed E-state index contributed by atoms with van der Waals surface area (Å²) >= 11 is 6.01. The van der Waals surface area contributed by atoms with E-state index in [1.807, 2.05) is 38.1 Å². The van der Waals surface area contributed by atoms with Crippen molar-refractivity contribution in [1.29, 1.82) is 0 Å². The molecule has 0 saturated heterocycles. The first-order valence-electron chi connectivity index (χ1n) is 9.38. The molecule has 0 aromatic heterocycles. The van der Waals surface area contributed by atoms with Gasteiger partial charge in [-0.15, -0.1) is 0 Å². The quantitative estimate of drug-likeness (QED) is 0.574. The van der Waals surface area contributed by atoms with E-state index < -0.39 is 10.0 Å². The number of amides is 1. The van der Waals surface area contributed by atoms with Gasteiger partial charge in [0.2, 0.25) is 15.9 Å². The first-order valence-corrected chi connectivity index (χ1v) is 11.6. The van der Waals surface area contributed by atoms with Gasteiger partial charge in [-0.3, -0.25) is 9.10 Å². The van der Waals surface area contributed by atoms with Gasteiger partial charge in [-0.1, -0.05) is 35.9 Å². The van der Waals surface area contributed by atoms with Gasteiger partial charge in [-0.2, -0.15) is 0 Å². The first-order chi connectivity index (χ1) is 13.7. The van der Waals surface area contributed by atoms with Crippen LogP contribution in [0.25, 0.3) is 0 Å². The molecular formula is C21H27ClN2O4S. The van der Waals surface area contributed by atoms with Gasteiger partial charge in [-0.25, -0.2) is 8.42 Å². The summed E-state index contributed by atoms with van der Waals surface area (Å²) in [4.78, 5) is 12.0. The predicted octanol–water partition coefficient (Wildman–Crippen LogP) is 3.70. The van der Waals surface area contributed by atoms with Gasteiger partial charge in [0.1, 0.15) is 12.4 Å². The van der Waals surface area contributed by atoms with Crippen molar-refractivity contribution < 1.29 is 17.9 Å². The second-order valence-electron chi connectivity index (χ2n) is 6.79. The number of para-hydroxylation sites is 1. The zero-order chi connectivity index (χ0) is 21.4. The number of hydrogen-bond donors (Lipinski definition) is 1. The molecule has 0 spiro atoms. The van der Waals surface area contributed by atoms with Crippen LogP contribution in [0.3, 0.4) is 0 Å². The van der Waals surface area contributed by atoms with Crippen LogP contribution in [-0.2, 0) is 14.8 Å². The van der Waals surface area contributed by atoms with E-state index in [2.05, 4.69) is 5.32 Å². The van der Waals surface area contributed by atoms with Crippen LogP contribution in [-0.4, -0.2) is 40.3 Å². The van der Waals surface area contributed by atoms with E-state index in [-0.39, 0.29) is 18.9 Å². The van der Waals surface area contributed by atoms with Crippen molar-refractivity contribution in [2.75, 3.05) is 30.3 Å². The van der Waals surface area contributed by atoms with E-state index in [1.165, 1.54) is 10.6 Å². The molecule has 2 aromatic carbocycles. The van der Waals surface area contributed by atoms with Gasteiger partial charge in [0.15, 0.2) is 0 Å². The molecule has 0 atom stereocenters. The zero-order valence-corrected chi connectivity index (χ0v) is 18.5. The van der Waals surface area contributed by atoms with Gasteiger partial charge < -0.3 is 10.1 Å². The Balaban J connectivity index is 1.81. The van der Waals surface area contributed by atoms with Crippen LogP contribution in [0, 0.1) is 13.8 Å². The molecule has 0 bridgehead atoms. The molecule has 0 unspecified atom stereocenters. The molecule has 6 nitrogen and oxygen atoms in total. The number of halogens is 1. The fourth-order valence-electron chi connectivity index (χ4n) is 2.86. The summed E-state index contributed by atoms with van der Waals surface area (Å²) in [6.45, 7) is 4.73. The maximum atomic E-state index is 12.2. The lowest BCUT2D eigenvalue weighted by molar-refractivity contribution is -0.121. The lowest BCUT2D eigenvalue weighted by Crippen LogP contribution is -2.33. The average Bonchev–Trinajstić information content (AvgIpc) is 2.65. The van der Waals surface area contributed by atoms with Crippen LogP contribution in [0.4, 0.5) is 5.69 Å². The second-order valence-corrected chi connectivity index (χ2v) is 9.10. The zero-order valence-electron chi connectivity index (χ0n) is 16.9. The molecule has 0 aliphatic carbocycles. The van der Waals surface area contributed by atoms with Crippen molar-refractivity contribution >= 4 is 33.2 Å². The van der Waals surface area contributed by atoms with Gasteiger partial charge in [0.25, 0.3) is 0 Å². The van der Waals surface area contributed by atoms with Gasteiger partial charge in [-0.05, 0) is 49.6 Å². The minimum absolute atomic E-state index is 0.151. The summed E-state index contributed by atoms with van der Waals surface area (Å²) < 4.78 is 31.4. The lowest BCUT2D eigenvalue weighted by atomic mass is 10.1. The van der Waals surface area contributed by atoms with Crippen molar-refractivity contribution in [3.63, 3.8) is 0 Å². The number of carbonyl (C=O) groups is 1. The maximum Gasteiger partial charge on any atom is 0.232 e. The number of nitrogens with zero attached hydrogens (tertiary/aromatic N) is 1. The molecule has 29 heavy (non-hydrogen) atoms. The third-order valence-electron chi connectivity index (χ3n) is 4.53. The van der Waals surface area contributed by atoms with E-state index in [0.717, 1.165) is 11.1 Å². The molecule has 2 rings (SSSR count). The number of benzene rings is 2. The number of nitrogens with one attached hydrogen (secondary N) is 1. The van der Waals surface area contributed by atoms with E-state index in [1.54, 1.807) is 18.2 Å². The summed E-state index contributed by atoms with van der Waals surface area (Å²) in [5.74, 6) is 0.419. The number of ether oxygens (including phenoxy) is 1. The Morgan fingerprint density at radius 3 is 2.55 bits per heavy atom. The Morgan fingerprint density at radius 2 is 1.86 bits per heavy atom. The van der Waals surface area contributed by atoms with Gasteiger partial charge >= 0.3 is 0 Å². The fraction of sp³-hybridized carbons (Fsp3) is 0.381. The summed E-state index contributed by atoms with van der Waals surface area (Å²) in [7, 11) is -3.44. The average molecular weight is 439 g/mol. The highest BCUT2D eigenvalue weighted by molar-refractivity contribution is 7.92. The molecule has 0 aliphatic rings. The largest absolute Gasteiger partial charge is 0.490 e. The summed E-state index contributed by atoms with van der Waals surface area (Å²) in [5, 5.41) is 3.29. The molecule has 0 saturated carbocycles. The van der Waals surface area contributed by atoms with Gasteiger partial charge in [0, 0.05) is 13.0 Å². The van der Waals surface area contributed by atoms with E-state index in [4.69, 9.17) is 16.3 Å². The highest BCUT2D eigenvalue weighted by Gasteiger charge is 2.19. The summed E-state index contributed by atoms with van der Waals surface area (Å²) in [6, 6.07) is 12.7. The molecule has 0 radical (unpaired) electrons. The van der Waals surface area contributed by atoms with Crippen LogP contribution in [0.5, 0.6) is 5.75 Å². The Bertz CT molecular complexity index is 947. The molecule has 0 aliphatic heterocycles. The van der Waals surface area contributed by atoms with Crippen molar-refractivity contribution in [2.45, 2.75) is 26.7 Å². The highest BCUT2D eigenvalue weighted by atomic mass is 35.5. The third-order valence-corrected chi connectivity index (χ3v) is 6.02. The summed E-state index contributed by atoms with van der Waals surface area (Å²) in [5.41, 5.74) is 2.59. The molecule has 1 N–H and O–H groups in total. The number of carbonyl (C=O) groups excluding carboxylic acids is 1. The van der Waals surface area contributed by atoms with E-state index >= 15 is 0 Å². The van der Waals surface area contributed by atoms with Crippen LogP contribution >= 0.6 is 11.6 Å². The van der Waals surface area contributed by atoms with Crippen LogP contribution < -0.4 is 14.4 Å². The smallest absolute Gasteiger partial charge is 0.232 e. The van der Waals surface area contributed by atoms with Gasteiger partial charge in [0.05, 0.1) is 23.5 Å². The Labute approximate surface area is 177 Å². The van der Waals surface area contributed by atoms with Crippen molar-refractivity contribution in [1.82, 2.24) is 5.32 Å². The molecule has 0 fully saturated rings. The third kappa shape index (κ3) is 6.94. The first kappa shape index (κ1) is 23.0. The molecule has 1 amide bonds. The van der Waals surface area contributed by atoms with E-state index in [9.17, 15) is 13.2 Å². The van der Waals surface area contributed by atoms with Crippen molar-refractivity contribution in [2.24, 2.45) is 0 Å². The standard InChI is InChI=1S/C21H27ClN2O4S/c1-16-8-6-10-19(17(16)2)24(29(3,26)27)14-7-12-21(25)23-13-15-28-20-11-5-4-9-18(20)22/h4-6,8-11H,7,12-15H2,1-3H3,(H,23,25). The SMILES string of the molecule is Cc1cccc(N(CCCC(=O)NCCOc2ccccc2Cl)S(C)(=O)=O)c1C. The number of anilines is 1. The number of hydrogen-bond acceptors (Lipinski definition) is 4. The molecular weight excluding hydrogens is 412 g/mol. The molecule has 0 heterocycles. The second kappa shape index (κ2) is 10.5. The highest BCUT2D eigenvalue weighted by Crippen LogP contribution is 2.25. The normalized spacial score (nSPS) is 11.2. The maximum absolute atomic E-state index is 12.2. The van der Waals surface area contributed by atoms with Crippen LogP contribution in [0.1, 0.15) is 24.0 Å². The minimum atomic E-state index is -3.44. The predicted molar refractivity (Wildman–Crippen MR) is 117 cm³/mol. The monoisotopic (exact) mass is 438 g/mol. The van der Waals surface area contributed by atoms with Crippen molar-refractivity contribution in [3.8, 4) is 5.75 Å². The number of aryl methyl sites for hydroxylation is 1. The van der Waals surface area contributed by atoms with E-state index in [0.29, 0.717) is 36.0 Å². The number of rotatable bonds is 10. The minimum Gasteiger partial charge on any atom is -0.490 e. The lowest BCUT2D eigenvalue weighted by Gasteiger charge is -2.24. The number of sulfonamides is 1. The van der Waals surface area contributed by atoms with Crippen LogP contribution in [0.2, 0.25) is 5.02 Å². The topological polar surface area (TPSA) is 75.7 Å². The molecule has 2 aromatic rings. The molecule has 8 heteroatoms. The fourth-order valence-corrected chi connectivity index (χ4v) is 4.06. The molecule has 158 valence electrons. The van der Waals surface area contributed by atoms with Crippen molar-refractivity contribution in [3.05, 3.63) is 58.6 Å².